The van der Waals surface area contributed by atoms with Crippen molar-refractivity contribution in [2.45, 2.75) is 39.8 Å². The molecule has 21 heavy (non-hydrogen) atoms. The van der Waals surface area contributed by atoms with Crippen LogP contribution in [0.3, 0.4) is 0 Å². The van der Waals surface area contributed by atoms with Gasteiger partial charge in [0.1, 0.15) is 18.6 Å². The molecule has 3 amide bonds. The van der Waals surface area contributed by atoms with E-state index in [1.807, 2.05) is 0 Å². The van der Waals surface area contributed by atoms with Gasteiger partial charge in [-0.2, -0.15) is 0 Å². The zero-order chi connectivity index (χ0) is 16.4. The van der Waals surface area contributed by atoms with E-state index in [9.17, 15) is 19.2 Å². The predicted molar refractivity (Wildman–Crippen MR) is 73.2 cm³/mol. The number of hydrogen-bond acceptors (Lipinski definition) is 4. The molecule has 0 aromatic carbocycles. The van der Waals surface area contributed by atoms with Crippen LogP contribution in [0, 0.1) is 5.41 Å². The minimum absolute atomic E-state index is 0.139. The third kappa shape index (κ3) is 4.17. The Morgan fingerprint density at radius 3 is 2.43 bits per heavy atom. The first-order valence-electron chi connectivity index (χ1n) is 6.65. The van der Waals surface area contributed by atoms with Crippen LogP contribution >= 0.6 is 0 Å². The maximum absolute atomic E-state index is 12.3. The largest absolute Gasteiger partial charge is 0.480 e. The minimum atomic E-state index is -1.20. The molecular weight excluding hydrogens is 278 g/mol. The van der Waals surface area contributed by atoms with Gasteiger partial charge in [0.2, 0.25) is 17.7 Å². The Morgan fingerprint density at radius 2 is 1.95 bits per heavy atom. The fourth-order valence-corrected chi connectivity index (χ4v) is 1.82. The van der Waals surface area contributed by atoms with E-state index in [0.717, 1.165) is 4.90 Å². The molecular formula is C13H21N3O5. The summed E-state index contributed by atoms with van der Waals surface area (Å²) in [7, 11) is 0. The Balaban J connectivity index is 2.81. The van der Waals surface area contributed by atoms with Gasteiger partial charge in [0.25, 0.3) is 0 Å². The zero-order valence-electron chi connectivity index (χ0n) is 12.6. The summed E-state index contributed by atoms with van der Waals surface area (Å²) in [6.07, 6.45) is 0. The number of amides is 3. The van der Waals surface area contributed by atoms with E-state index in [-0.39, 0.29) is 19.0 Å². The molecule has 8 heteroatoms. The van der Waals surface area contributed by atoms with Gasteiger partial charge in [0.15, 0.2) is 0 Å². The fraction of sp³-hybridized carbons (Fsp3) is 0.692. The molecule has 0 aliphatic carbocycles. The number of piperazine rings is 1. The summed E-state index contributed by atoms with van der Waals surface area (Å²) in [4.78, 5) is 47.6. The standard InChI is InChI=1S/C13H21N3O5/c1-7(15-12(21)13(2,3)4)10(18)16-6-9(17)14-5-8(16)11(19)20/h7-8H,5-6H2,1-4H3,(H,14,17)(H,15,21)(H,19,20). The smallest absolute Gasteiger partial charge is 0.328 e. The second-order valence-corrected chi connectivity index (χ2v) is 6.07. The van der Waals surface area contributed by atoms with Crippen LogP contribution in [0.2, 0.25) is 0 Å². The van der Waals surface area contributed by atoms with E-state index < -0.39 is 35.3 Å². The summed E-state index contributed by atoms with van der Waals surface area (Å²) >= 11 is 0. The second kappa shape index (κ2) is 6.11. The SMILES string of the molecule is CC(NC(=O)C(C)(C)C)C(=O)N1CC(=O)NCC1C(=O)O. The quantitative estimate of drug-likeness (QED) is 0.615. The first-order chi connectivity index (χ1) is 9.54. The van der Waals surface area contributed by atoms with Gasteiger partial charge >= 0.3 is 5.97 Å². The molecule has 2 unspecified atom stereocenters. The van der Waals surface area contributed by atoms with E-state index in [1.54, 1.807) is 20.8 Å². The normalized spacial score (nSPS) is 20.5. The number of hydrogen-bond donors (Lipinski definition) is 3. The van der Waals surface area contributed by atoms with Gasteiger partial charge in [0, 0.05) is 12.0 Å². The van der Waals surface area contributed by atoms with Gasteiger partial charge < -0.3 is 20.6 Å². The van der Waals surface area contributed by atoms with Gasteiger partial charge in [-0.05, 0) is 6.92 Å². The number of nitrogens with one attached hydrogen (secondary N) is 2. The van der Waals surface area contributed by atoms with Crippen LogP contribution in [0.4, 0.5) is 0 Å². The molecule has 0 radical (unpaired) electrons. The van der Waals surface area contributed by atoms with Crippen molar-refractivity contribution in [1.29, 1.82) is 0 Å². The first kappa shape index (κ1) is 16.9. The topological polar surface area (TPSA) is 116 Å². The molecule has 1 fully saturated rings. The molecule has 1 saturated heterocycles. The Kier molecular flexibility index (Phi) is 4.93. The van der Waals surface area contributed by atoms with Crippen molar-refractivity contribution in [2.24, 2.45) is 5.41 Å². The lowest BCUT2D eigenvalue weighted by Gasteiger charge is -2.35. The van der Waals surface area contributed by atoms with E-state index in [2.05, 4.69) is 10.6 Å². The number of nitrogens with zero attached hydrogens (tertiary/aromatic N) is 1. The fourth-order valence-electron chi connectivity index (χ4n) is 1.82. The Bertz CT molecular complexity index is 469. The van der Waals surface area contributed by atoms with E-state index in [0.29, 0.717) is 0 Å². The molecule has 2 atom stereocenters. The number of carboxylic acids is 1. The Hall–Kier alpha value is -2.12. The highest BCUT2D eigenvalue weighted by Gasteiger charge is 2.37. The summed E-state index contributed by atoms with van der Waals surface area (Å²) in [5, 5.41) is 14.0. The van der Waals surface area contributed by atoms with Gasteiger partial charge in [0.05, 0.1) is 0 Å². The highest BCUT2D eigenvalue weighted by Crippen LogP contribution is 2.14. The Morgan fingerprint density at radius 1 is 1.38 bits per heavy atom. The van der Waals surface area contributed by atoms with Crippen molar-refractivity contribution >= 4 is 23.7 Å². The molecule has 0 bridgehead atoms. The summed E-state index contributed by atoms with van der Waals surface area (Å²) in [6, 6.07) is -2.02. The van der Waals surface area contributed by atoms with Crippen molar-refractivity contribution in [3.05, 3.63) is 0 Å². The molecule has 0 spiro atoms. The molecule has 1 aliphatic rings. The van der Waals surface area contributed by atoms with Crippen LogP contribution in [-0.4, -0.2) is 58.9 Å². The zero-order valence-corrected chi connectivity index (χ0v) is 12.6. The number of carbonyl (C=O) groups is 4. The highest BCUT2D eigenvalue weighted by atomic mass is 16.4. The highest BCUT2D eigenvalue weighted by molar-refractivity contribution is 5.95. The molecule has 0 saturated carbocycles. The van der Waals surface area contributed by atoms with Crippen molar-refractivity contribution in [3.63, 3.8) is 0 Å². The lowest BCUT2D eigenvalue weighted by molar-refractivity contribution is -0.155. The van der Waals surface area contributed by atoms with Crippen molar-refractivity contribution < 1.29 is 24.3 Å². The van der Waals surface area contributed by atoms with Crippen molar-refractivity contribution in [2.75, 3.05) is 13.1 Å². The lowest BCUT2D eigenvalue weighted by Crippen LogP contribution is -2.62. The van der Waals surface area contributed by atoms with Crippen LogP contribution in [-0.2, 0) is 19.2 Å². The van der Waals surface area contributed by atoms with Crippen LogP contribution in [0.5, 0.6) is 0 Å². The molecule has 1 aliphatic heterocycles. The molecule has 0 aromatic rings. The molecule has 1 heterocycles. The number of carboxylic acid groups (broad SMARTS) is 1. The minimum Gasteiger partial charge on any atom is -0.480 e. The molecule has 1 rings (SSSR count). The van der Waals surface area contributed by atoms with Gasteiger partial charge in [-0.25, -0.2) is 4.79 Å². The second-order valence-electron chi connectivity index (χ2n) is 6.07. The van der Waals surface area contributed by atoms with Gasteiger partial charge in [-0.3, -0.25) is 14.4 Å². The summed E-state index contributed by atoms with van der Waals surface area (Å²) < 4.78 is 0. The first-order valence-corrected chi connectivity index (χ1v) is 6.65. The average Bonchev–Trinajstić information content (AvgIpc) is 2.35. The predicted octanol–water partition coefficient (Wildman–Crippen LogP) is -1.05. The number of aliphatic carboxylic acids is 1. The van der Waals surface area contributed by atoms with E-state index in [4.69, 9.17) is 5.11 Å². The van der Waals surface area contributed by atoms with E-state index >= 15 is 0 Å². The average molecular weight is 299 g/mol. The van der Waals surface area contributed by atoms with Crippen LogP contribution in [0.15, 0.2) is 0 Å². The van der Waals surface area contributed by atoms with Gasteiger partial charge in [-0.1, -0.05) is 20.8 Å². The summed E-state index contributed by atoms with van der Waals surface area (Å²) in [5.74, 6) is -2.53. The van der Waals surface area contributed by atoms with E-state index in [1.165, 1.54) is 6.92 Å². The molecule has 8 nitrogen and oxygen atoms in total. The number of rotatable bonds is 3. The number of carbonyl (C=O) groups excluding carboxylic acids is 3. The lowest BCUT2D eigenvalue weighted by atomic mass is 9.95. The van der Waals surface area contributed by atoms with Crippen molar-refractivity contribution in [3.8, 4) is 0 Å². The molecule has 3 N–H and O–H groups in total. The summed E-state index contributed by atoms with van der Waals surface area (Å²) in [6.45, 7) is 6.11. The van der Waals surface area contributed by atoms with Crippen LogP contribution in [0.1, 0.15) is 27.7 Å². The Labute approximate surface area is 122 Å². The summed E-state index contributed by atoms with van der Waals surface area (Å²) in [5.41, 5.74) is -0.667. The molecule has 118 valence electrons. The van der Waals surface area contributed by atoms with Crippen LogP contribution < -0.4 is 10.6 Å². The maximum Gasteiger partial charge on any atom is 0.328 e. The van der Waals surface area contributed by atoms with Gasteiger partial charge in [-0.15, -0.1) is 0 Å². The monoisotopic (exact) mass is 299 g/mol. The third-order valence-corrected chi connectivity index (χ3v) is 3.15. The van der Waals surface area contributed by atoms with Crippen molar-refractivity contribution in [1.82, 2.24) is 15.5 Å². The maximum atomic E-state index is 12.3. The molecule has 0 aromatic heterocycles. The van der Waals surface area contributed by atoms with Crippen LogP contribution in [0.25, 0.3) is 0 Å². The third-order valence-electron chi connectivity index (χ3n) is 3.15.